The summed E-state index contributed by atoms with van der Waals surface area (Å²) in [5, 5.41) is 5.94. The minimum Gasteiger partial charge on any atom is -0.462 e. The first-order valence-corrected chi connectivity index (χ1v) is 10.4. The van der Waals surface area contributed by atoms with Crippen LogP contribution in [0.3, 0.4) is 0 Å². The minimum absolute atomic E-state index is 0.325. The average molecular weight is 429 g/mol. The van der Waals surface area contributed by atoms with Crippen molar-refractivity contribution < 1.29 is 9.53 Å². The molecule has 1 aliphatic rings. The molecule has 0 N–H and O–H groups in total. The van der Waals surface area contributed by atoms with Crippen molar-refractivity contribution in [3.63, 3.8) is 0 Å². The Balaban J connectivity index is 1.60. The topological polar surface area (TPSA) is 76.4 Å². The van der Waals surface area contributed by atoms with E-state index in [2.05, 4.69) is 24.9 Å². The average Bonchev–Trinajstić information content (AvgIpc) is 3.03. The predicted molar refractivity (Wildman–Crippen MR) is 116 cm³/mol. The van der Waals surface area contributed by atoms with Gasteiger partial charge >= 0.3 is 5.97 Å². The molecule has 158 valence electrons. The van der Waals surface area contributed by atoms with E-state index in [9.17, 15) is 4.79 Å². The van der Waals surface area contributed by atoms with E-state index in [1.807, 2.05) is 39.2 Å². The van der Waals surface area contributed by atoms with Gasteiger partial charge in [-0.2, -0.15) is 5.10 Å². The fourth-order valence-electron chi connectivity index (χ4n) is 3.97. The lowest BCUT2D eigenvalue weighted by atomic mass is 10.1. The molecule has 3 aromatic rings. The van der Waals surface area contributed by atoms with Gasteiger partial charge in [0.05, 0.1) is 23.4 Å². The van der Waals surface area contributed by atoms with Crippen LogP contribution < -0.4 is 4.90 Å². The third-order valence-electron chi connectivity index (χ3n) is 5.38. The summed E-state index contributed by atoms with van der Waals surface area (Å²) in [7, 11) is 1.87. The Kier molecular flexibility index (Phi) is 5.87. The van der Waals surface area contributed by atoms with Gasteiger partial charge in [0.1, 0.15) is 10.7 Å². The monoisotopic (exact) mass is 428 g/mol. The van der Waals surface area contributed by atoms with Crippen LogP contribution in [0.5, 0.6) is 0 Å². The summed E-state index contributed by atoms with van der Waals surface area (Å²) in [4.78, 5) is 25.9. The number of aromatic nitrogens is 4. The van der Waals surface area contributed by atoms with E-state index in [0.717, 1.165) is 60.7 Å². The van der Waals surface area contributed by atoms with Crippen LogP contribution in [0.1, 0.15) is 28.5 Å². The van der Waals surface area contributed by atoms with E-state index in [-0.39, 0.29) is 5.97 Å². The smallest absolute Gasteiger partial charge is 0.341 e. The number of nitrogens with zero attached hydrogens (tertiary/aromatic N) is 6. The Labute approximate surface area is 180 Å². The number of carbonyl (C=O) groups is 1. The molecule has 30 heavy (non-hydrogen) atoms. The van der Waals surface area contributed by atoms with Gasteiger partial charge in [0, 0.05) is 52.2 Å². The second-order valence-electron chi connectivity index (χ2n) is 7.40. The highest BCUT2D eigenvalue weighted by Crippen LogP contribution is 2.33. The van der Waals surface area contributed by atoms with Gasteiger partial charge in [-0.25, -0.2) is 14.8 Å². The molecule has 1 fully saturated rings. The molecule has 0 spiro atoms. The van der Waals surface area contributed by atoms with Crippen LogP contribution in [0.15, 0.2) is 24.5 Å². The molecule has 0 radical (unpaired) electrons. The highest BCUT2D eigenvalue weighted by Gasteiger charge is 2.27. The maximum atomic E-state index is 12.7. The second kappa shape index (κ2) is 8.57. The molecule has 4 rings (SSSR count). The maximum absolute atomic E-state index is 12.7. The summed E-state index contributed by atoms with van der Waals surface area (Å²) >= 11 is 5.89. The van der Waals surface area contributed by atoms with Crippen LogP contribution in [0, 0.1) is 6.92 Å². The zero-order valence-electron chi connectivity index (χ0n) is 17.4. The van der Waals surface area contributed by atoms with Crippen molar-refractivity contribution in [3.05, 3.63) is 46.5 Å². The van der Waals surface area contributed by atoms with E-state index >= 15 is 0 Å². The van der Waals surface area contributed by atoms with Crippen LogP contribution in [-0.4, -0.2) is 63.4 Å². The van der Waals surface area contributed by atoms with Gasteiger partial charge in [0.25, 0.3) is 0 Å². The zero-order valence-corrected chi connectivity index (χ0v) is 18.2. The third-order valence-corrected chi connectivity index (χ3v) is 5.60. The fourth-order valence-corrected chi connectivity index (χ4v) is 4.08. The minimum atomic E-state index is -0.347. The highest BCUT2D eigenvalue weighted by molar-refractivity contribution is 6.29. The summed E-state index contributed by atoms with van der Waals surface area (Å²) in [5.41, 5.74) is 4.13. The molecule has 0 bridgehead atoms. The Hall–Kier alpha value is -2.71. The lowest BCUT2D eigenvalue weighted by Crippen LogP contribution is -2.46. The van der Waals surface area contributed by atoms with Crippen molar-refractivity contribution in [2.24, 2.45) is 7.05 Å². The van der Waals surface area contributed by atoms with E-state index < -0.39 is 0 Å². The second-order valence-corrected chi connectivity index (χ2v) is 7.79. The number of halogens is 1. The molecule has 1 aliphatic heterocycles. The normalized spacial score (nSPS) is 15.0. The molecular formula is C21H25ClN6O2. The number of rotatable bonds is 5. The largest absolute Gasteiger partial charge is 0.462 e. The van der Waals surface area contributed by atoms with Crippen LogP contribution in [0.25, 0.3) is 11.0 Å². The summed E-state index contributed by atoms with van der Waals surface area (Å²) < 4.78 is 7.06. The molecule has 9 heteroatoms. The van der Waals surface area contributed by atoms with E-state index in [1.54, 1.807) is 10.9 Å². The van der Waals surface area contributed by atoms with Gasteiger partial charge in [-0.1, -0.05) is 17.7 Å². The van der Waals surface area contributed by atoms with Crippen LogP contribution in [0.2, 0.25) is 5.15 Å². The Morgan fingerprint density at radius 1 is 1.17 bits per heavy atom. The summed E-state index contributed by atoms with van der Waals surface area (Å²) in [6.07, 6.45) is 3.43. The highest BCUT2D eigenvalue weighted by atomic mass is 35.5. The number of hydrogen-bond donors (Lipinski definition) is 0. The van der Waals surface area contributed by atoms with Gasteiger partial charge in [-0.3, -0.25) is 9.58 Å². The summed E-state index contributed by atoms with van der Waals surface area (Å²) in [6.45, 7) is 8.23. The third kappa shape index (κ3) is 3.97. The lowest BCUT2D eigenvalue weighted by molar-refractivity contribution is 0.0526. The number of aryl methyl sites for hydroxylation is 2. The van der Waals surface area contributed by atoms with Crippen LogP contribution >= 0.6 is 11.6 Å². The molecule has 0 saturated carbocycles. The van der Waals surface area contributed by atoms with Gasteiger partial charge in [0.2, 0.25) is 0 Å². The summed E-state index contributed by atoms with van der Waals surface area (Å²) in [5.74, 6) is -0.347. The first-order valence-electron chi connectivity index (χ1n) is 10.0. The van der Waals surface area contributed by atoms with Gasteiger partial charge in [0.15, 0.2) is 5.65 Å². The van der Waals surface area contributed by atoms with Gasteiger partial charge < -0.3 is 9.64 Å². The van der Waals surface area contributed by atoms with E-state index in [0.29, 0.717) is 17.3 Å². The predicted octanol–water partition coefficient (Wildman–Crippen LogP) is 2.82. The Morgan fingerprint density at radius 2 is 1.93 bits per heavy atom. The lowest BCUT2D eigenvalue weighted by Gasteiger charge is -2.37. The van der Waals surface area contributed by atoms with Crippen molar-refractivity contribution in [2.45, 2.75) is 20.4 Å². The first-order chi connectivity index (χ1) is 14.5. The SMILES string of the molecule is CCOC(=O)c1cnc2c(c(C)nn2C)c1N1CCN(Cc2ccc(Cl)nc2)CC1. The molecule has 0 unspecified atom stereocenters. The zero-order chi connectivity index (χ0) is 21.3. The molecule has 0 aromatic carbocycles. The van der Waals surface area contributed by atoms with Crippen LogP contribution in [0.4, 0.5) is 5.69 Å². The van der Waals surface area contributed by atoms with Crippen molar-refractivity contribution in [3.8, 4) is 0 Å². The molecule has 0 atom stereocenters. The molecule has 3 aromatic heterocycles. The van der Waals surface area contributed by atoms with Gasteiger partial charge in [-0.05, 0) is 25.5 Å². The maximum Gasteiger partial charge on any atom is 0.341 e. The van der Waals surface area contributed by atoms with Crippen molar-refractivity contribution in [1.29, 1.82) is 0 Å². The first kappa shape index (κ1) is 20.6. The Morgan fingerprint density at radius 3 is 2.60 bits per heavy atom. The van der Waals surface area contributed by atoms with Crippen LogP contribution in [-0.2, 0) is 18.3 Å². The fraction of sp³-hybridized carbons (Fsp3) is 0.429. The van der Waals surface area contributed by atoms with Gasteiger partial charge in [-0.15, -0.1) is 0 Å². The van der Waals surface area contributed by atoms with Crippen molar-refractivity contribution in [2.75, 3.05) is 37.7 Å². The molecule has 8 nitrogen and oxygen atoms in total. The number of anilines is 1. The number of piperazine rings is 1. The number of carbonyl (C=O) groups excluding carboxylic acids is 1. The molecule has 0 amide bonds. The molecule has 4 heterocycles. The summed E-state index contributed by atoms with van der Waals surface area (Å²) in [6, 6.07) is 3.82. The quantitative estimate of drug-likeness (QED) is 0.456. The Bertz CT molecular complexity index is 1060. The van der Waals surface area contributed by atoms with Crippen molar-refractivity contribution in [1.82, 2.24) is 24.6 Å². The van der Waals surface area contributed by atoms with Crippen molar-refractivity contribution >= 4 is 34.3 Å². The molecule has 1 saturated heterocycles. The molecular weight excluding hydrogens is 404 g/mol. The number of ether oxygens (including phenoxy) is 1. The number of esters is 1. The number of hydrogen-bond acceptors (Lipinski definition) is 7. The standard InChI is InChI=1S/C21H25ClN6O2/c1-4-30-21(29)16-12-24-20-18(14(2)25-26(20)3)19(16)28-9-7-27(8-10-28)13-15-5-6-17(22)23-11-15/h5-6,11-12H,4,7-10,13H2,1-3H3. The number of pyridine rings is 2. The van der Waals surface area contributed by atoms with E-state index in [4.69, 9.17) is 16.3 Å². The van der Waals surface area contributed by atoms with E-state index in [1.165, 1.54) is 0 Å². The number of fused-ring (bicyclic) bond motifs is 1. The molecule has 0 aliphatic carbocycles.